The Bertz CT molecular complexity index is 1480. The third-order valence-electron chi connectivity index (χ3n) is 4.87. The minimum atomic E-state index is -4.46. The molecule has 0 unspecified atom stereocenters. The monoisotopic (exact) mass is 463 g/mol. The van der Waals surface area contributed by atoms with Gasteiger partial charge in [-0.3, -0.25) is 0 Å². The van der Waals surface area contributed by atoms with Gasteiger partial charge in [0.2, 0.25) is 5.89 Å². The van der Waals surface area contributed by atoms with Crippen molar-refractivity contribution in [3.8, 4) is 23.0 Å². The number of nitrogens with two attached hydrogens (primary N) is 1. The molecule has 10 heteroatoms. The summed E-state index contributed by atoms with van der Waals surface area (Å²) in [4.78, 5) is 4.29. The van der Waals surface area contributed by atoms with Crippen LogP contribution in [0.1, 0.15) is 5.56 Å². The van der Waals surface area contributed by atoms with Gasteiger partial charge in [0.05, 0.1) is 11.1 Å². The van der Waals surface area contributed by atoms with Crippen molar-refractivity contribution in [2.45, 2.75) is 6.18 Å². The number of anilines is 3. The van der Waals surface area contributed by atoms with E-state index in [9.17, 15) is 13.2 Å². The van der Waals surface area contributed by atoms with Crippen molar-refractivity contribution in [1.29, 1.82) is 0 Å². The maximum absolute atomic E-state index is 12.9. The minimum Gasteiger partial charge on any atom is -0.456 e. The average Bonchev–Trinajstić information content (AvgIpc) is 3.27. The van der Waals surface area contributed by atoms with Gasteiger partial charge >= 0.3 is 12.2 Å². The van der Waals surface area contributed by atoms with Gasteiger partial charge in [-0.05, 0) is 48.5 Å². The zero-order valence-electron chi connectivity index (χ0n) is 17.4. The van der Waals surface area contributed by atoms with Crippen LogP contribution in [0.2, 0.25) is 0 Å². The number of halogens is 3. The van der Waals surface area contributed by atoms with Gasteiger partial charge < -0.3 is 20.2 Å². The highest BCUT2D eigenvalue weighted by atomic mass is 19.4. The van der Waals surface area contributed by atoms with Gasteiger partial charge in [-0.25, -0.2) is 4.98 Å². The summed E-state index contributed by atoms with van der Waals surface area (Å²) in [6.45, 7) is 0. The number of pyridine rings is 1. The van der Waals surface area contributed by atoms with E-state index >= 15 is 0 Å². The van der Waals surface area contributed by atoms with E-state index in [4.69, 9.17) is 14.9 Å². The van der Waals surface area contributed by atoms with E-state index in [1.807, 2.05) is 24.3 Å². The zero-order chi connectivity index (χ0) is 23.7. The zero-order valence-corrected chi connectivity index (χ0v) is 17.4. The molecule has 0 radical (unpaired) electrons. The topological polar surface area (TPSA) is 99.1 Å². The minimum absolute atomic E-state index is 0.0476. The highest BCUT2D eigenvalue weighted by Crippen LogP contribution is 2.34. The third kappa shape index (κ3) is 4.46. The van der Waals surface area contributed by atoms with E-state index in [1.54, 1.807) is 30.3 Å². The summed E-state index contributed by atoms with van der Waals surface area (Å²) in [5, 5.41) is 11.3. The summed E-state index contributed by atoms with van der Waals surface area (Å²) in [6, 6.07) is 20.7. The summed E-state index contributed by atoms with van der Waals surface area (Å²) < 4.78 is 50.4. The number of ether oxygens (including phenoxy) is 1. The van der Waals surface area contributed by atoms with Crippen LogP contribution in [0.4, 0.5) is 30.7 Å². The van der Waals surface area contributed by atoms with Crippen molar-refractivity contribution in [2.24, 2.45) is 0 Å². The van der Waals surface area contributed by atoms with Crippen molar-refractivity contribution in [2.75, 3.05) is 11.1 Å². The van der Waals surface area contributed by atoms with Gasteiger partial charge in [-0.15, -0.1) is 5.10 Å². The number of nitrogen functional groups attached to an aromatic ring is 1. The Hall–Kier alpha value is -4.60. The van der Waals surface area contributed by atoms with Crippen LogP contribution >= 0.6 is 0 Å². The summed E-state index contributed by atoms with van der Waals surface area (Å²) in [6.07, 6.45) is -4.46. The number of benzene rings is 3. The molecule has 0 aliphatic rings. The van der Waals surface area contributed by atoms with Gasteiger partial charge in [0.25, 0.3) is 0 Å². The molecule has 3 aromatic carbocycles. The first-order valence-corrected chi connectivity index (χ1v) is 10.1. The van der Waals surface area contributed by atoms with Crippen LogP contribution in [0.3, 0.4) is 0 Å². The van der Waals surface area contributed by atoms with Gasteiger partial charge in [0.15, 0.2) is 0 Å². The van der Waals surface area contributed by atoms with E-state index in [0.717, 1.165) is 17.5 Å². The molecule has 5 aromatic rings. The second kappa shape index (κ2) is 8.39. The lowest BCUT2D eigenvalue weighted by Crippen LogP contribution is -2.05. The Morgan fingerprint density at radius 2 is 1.71 bits per heavy atom. The van der Waals surface area contributed by atoms with Crippen LogP contribution in [0, 0.1) is 0 Å². The number of para-hydroxylation sites is 1. The number of nitrogens with zero attached hydrogens (tertiary/aromatic N) is 3. The van der Waals surface area contributed by atoms with E-state index in [1.165, 1.54) is 12.1 Å². The van der Waals surface area contributed by atoms with Crippen molar-refractivity contribution >= 4 is 28.4 Å². The van der Waals surface area contributed by atoms with Gasteiger partial charge in [-0.2, -0.15) is 13.2 Å². The Kier molecular flexibility index (Phi) is 5.25. The molecule has 0 fully saturated rings. The van der Waals surface area contributed by atoms with E-state index in [-0.39, 0.29) is 17.6 Å². The van der Waals surface area contributed by atoms with Crippen LogP contribution in [0.5, 0.6) is 11.5 Å². The largest absolute Gasteiger partial charge is 0.456 e. The van der Waals surface area contributed by atoms with Crippen LogP contribution in [-0.4, -0.2) is 15.2 Å². The van der Waals surface area contributed by atoms with E-state index in [2.05, 4.69) is 20.5 Å². The van der Waals surface area contributed by atoms with Gasteiger partial charge in [-0.1, -0.05) is 29.4 Å². The Balaban J connectivity index is 1.38. The molecule has 0 saturated heterocycles. The SMILES string of the molecule is Nc1cc(Oc2cccc(-c3nnc(Nc4cccc(C(F)(F)F)c4)o3)c2)c2ccccc2n1. The van der Waals surface area contributed by atoms with Crippen LogP contribution in [0.15, 0.2) is 83.3 Å². The molecule has 0 aliphatic heterocycles. The van der Waals surface area contributed by atoms with Crippen LogP contribution < -0.4 is 15.8 Å². The molecule has 2 heterocycles. The first-order valence-electron chi connectivity index (χ1n) is 10.1. The third-order valence-corrected chi connectivity index (χ3v) is 4.87. The molecule has 170 valence electrons. The summed E-state index contributed by atoms with van der Waals surface area (Å²) in [7, 11) is 0. The molecule has 5 rings (SSSR count). The molecule has 0 amide bonds. The molecule has 34 heavy (non-hydrogen) atoms. The van der Waals surface area contributed by atoms with Crippen LogP contribution in [-0.2, 0) is 6.18 Å². The fraction of sp³-hybridized carbons (Fsp3) is 0.0417. The fourth-order valence-corrected chi connectivity index (χ4v) is 3.35. The molecular weight excluding hydrogens is 447 g/mol. The van der Waals surface area contributed by atoms with Crippen molar-refractivity contribution in [3.63, 3.8) is 0 Å². The molecule has 0 bridgehead atoms. The normalized spacial score (nSPS) is 11.5. The number of alkyl halides is 3. The molecule has 2 aromatic heterocycles. The Labute approximate surface area is 191 Å². The smallest absolute Gasteiger partial charge is 0.416 e. The number of hydrogen-bond acceptors (Lipinski definition) is 7. The van der Waals surface area contributed by atoms with Gasteiger partial charge in [0, 0.05) is 22.7 Å². The lowest BCUT2D eigenvalue weighted by molar-refractivity contribution is -0.137. The summed E-state index contributed by atoms with van der Waals surface area (Å²) >= 11 is 0. The van der Waals surface area contributed by atoms with E-state index in [0.29, 0.717) is 28.4 Å². The number of aromatic nitrogens is 3. The second-order valence-corrected chi connectivity index (χ2v) is 7.31. The highest BCUT2D eigenvalue weighted by molar-refractivity contribution is 5.87. The lowest BCUT2D eigenvalue weighted by Gasteiger charge is -2.10. The number of rotatable bonds is 5. The first kappa shape index (κ1) is 21.3. The second-order valence-electron chi connectivity index (χ2n) is 7.31. The first-order chi connectivity index (χ1) is 16.3. The number of hydrogen-bond donors (Lipinski definition) is 2. The van der Waals surface area contributed by atoms with Crippen molar-refractivity contribution < 1.29 is 22.3 Å². The Morgan fingerprint density at radius 3 is 2.56 bits per heavy atom. The summed E-state index contributed by atoms with van der Waals surface area (Å²) in [5.41, 5.74) is 6.56. The highest BCUT2D eigenvalue weighted by Gasteiger charge is 2.30. The summed E-state index contributed by atoms with van der Waals surface area (Å²) in [5.74, 6) is 1.53. The molecule has 0 aliphatic carbocycles. The maximum atomic E-state index is 12.9. The predicted octanol–water partition coefficient (Wildman–Crippen LogP) is 6.42. The fourth-order valence-electron chi connectivity index (χ4n) is 3.35. The van der Waals surface area contributed by atoms with Gasteiger partial charge in [0.1, 0.15) is 17.3 Å². The number of fused-ring (bicyclic) bond motifs is 1. The average molecular weight is 463 g/mol. The molecule has 0 spiro atoms. The lowest BCUT2D eigenvalue weighted by atomic mass is 10.2. The standard InChI is InChI=1S/C24H16F3N5O2/c25-24(26,27)15-6-4-7-16(12-15)29-23-32-31-22(34-23)14-5-3-8-17(11-14)33-20-13-21(28)30-19-10-2-1-9-18(19)20/h1-13H,(H2,28,30)(H,29,32). The number of nitrogens with one attached hydrogen (secondary N) is 1. The quantitative estimate of drug-likeness (QED) is 0.310. The molecule has 7 nitrogen and oxygen atoms in total. The van der Waals surface area contributed by atoms with Crippen molar-refractivity contribution in [1.82, 2.24) is 15.2 Å². The predicted molar refractivity (Wildman–Crippen MR) is 121 cm³/mol. The molecule has 0 saturated carbocycles. The molecular formula is C24H16F3N5O2. The van der Waals surface area contributed by atoms with Crippen molar-refractivity contribution in [3.05, 3.63) is 84.4 Å². The Morgan fingerprint density at radius 1 is 0.882 bits per heavy atom. The maximum Gasteiger partial charge on any atom is 0.416 e. The molecule has 3 N–H and O–H groups in total. The van der Waals surface area contributed by atoms with Crippen LogP contribution in [0.25, 0.3) is 22.4 Å². The van der Waals surface area contributed by atoms with E-state index < -0.39 is 11.7 Å². The molecule has 0 atom stereocenters.